The highest BCUT2D eigenvalue weighted by atomic mass is 79.9. The molecule has 1 N–H and O–H groups in total. The lowest BCUT2D eigenvalue weighted by Crippen LogP contribution is -3.00. The van der Waals surface area contributed by atoms with Crippen molar-refractivity contribution in [1.29, 1.82) is 5.41 Å². The van der Waals surface area contributed by atoms with Crippen molar-refractivity contribution in [2.75, 3.05) is 6.54 Å². The fourth-order valence-electron chi connectivity index (χ4n) is 2.38. The number of hydrogen-bond acceptors (Lipinski definition) is 2. The molecule has 3 rings (SSSR count). The van der Waals surface area contributed by atoms with Gasteiger partial charge in [-0.1, -0.05) is 35.9 Å². The summed E-state index contributed by atoms with van der Waals surface area (Å²) in [6, 6.07) is 14.6. The topological polar surface area (TPSA) is 44.2 Å². The van der Waals surface area contributed by atoms with Gasteiger partial charge in [-0.25, -0.2) is 0 Å². The second-order valence-electron chi connectivity index (χ2n) is 4.79. The summed E-state index contributed by atoms with van der Waals surface area (Å²) in [6.07, 6.45) is 0. The number of nitrogens with one attached hydrogen (secondary N) is 1. The number of carbonyl (C=O) groups is 1. The van der Waals surface area contributed by atoms with E-state index in [1.54, 1.807) is 29.2 Å². The molecule has 0 fully saturated rings. The Bertz CT molecular complexity index is 685. The number of carbonyl (C=O) groups excluding carboxylic acids is 1. The Kier molecular flexibility index (Phi) is 4.80. The number of halogens is 2. The van der Waals surface area contributed by atoms with Crippen LogP contribution in [0.2, 0.25) is 5.02 Å². The van der Waals surface area contributed by atoms with E-state index in [2.05, 4.69) is 0 Å². The van der Waals surface area contributed by atoms with Gasteiger partial charge < -0.3 is 21.9 Å². The molecule has 0 radical (unpaired) electrons. The van der Waals surface area contributed by atoms with Crippen molar-refractivity contribution in [1.82, 2.24) is 4.90 Å². The number of nitrogens with zero attached hydrogens (tertiary/aromatic N) is 1. The Labute approximate surface area is 138 Å². The number of fused-ring (bicyclic) bond motifs is 1. The van der Waals surface area contributed by atoms with Gasteiger partial charge in [0.25, 0.3) is 0 Å². The zero-order chi connectivity index (χ0) is 14.1. The van der Waals surface area contributed by atoms with Gasteiger partial charge in [0, 0.05) is 22.7 Å². The van der Waals surface area contributed by atoms with Gasteiger partial charge in [-0.05, 0) is 29.8 Å². The third-order valence-corrected chi connectivity index (χ3v) is 3.70. The van der Waals surface area contributed by atoms with Gasteiger partial charge in [-0.3, -0.25) is 10.2 Å². The summed E-state index contributed by atoms with van der Waals surface area (Å²) < 4.78 is 0. The number of hydrogen-bond donors (Lipinski definition) is 1. The zero-order valence-corrected chi connectivity index (χ0v) is 13.5. The van der Waals surface area contributed by atoms with E-state index in [1.165, 1.54) is 0 Å². The van der Waals surface area contributed by atoms with Gasteiger partial charge in [-0.15, -0.1) is 0 Å². The molecule has 0 aromatic heterocycles. The molecule has 3 nitrogen and oxygen atoms in total. The fourth-order valence-corrected chi connectivity index (χ4v) is 2.51. The highest BCUT2D eigenvalue weighted by Crippen LogP contribution is 2.22. The summed E-state index contributed by atoms with van der Waals surface area (Å²) in [4.78, 5) is 14.0. The largest absolute Gasteiger partial charge is 1.00 e. The minimum Gasteiger partial charge on any atom is -1.00 e. The molecule has 0 aliphatic carbocycles. The average Bonchev–Trinajstić information content (AvgIpc) is 2.77. The quantitative estimate of drug-likeness (QED) is 0.800. The molecule has 0 spiro atoms. The van der Waals surface area contributed by atoms with E-state index >= 15 is 0 Å². The first-order chi connectivity index (χ1) is 9.65. The molecule has 1 aliphatic rings. The Morgan fingerprint density at radius 1 is 1.14 bits per heavy atom. The first-order valence-electron chi connectivity index (χ1n) is 6.35. The van der Waals surface area contributed by atoms with Crippen molar-refractivity contribution >= 4 is 23.2 Å². The Hall–Kier alpha value is -1.65. The minimum atomic E-state index is -0.000720. The molecule has 0 bridgehead atoms. The van der Waals surface area contributed by atoms with E-state index in [1.807, 2.05) is 24.3 Å². The van der Waals surface area contributed by atoms with Gasteiger partial charge in [0.1, 0.15) is 5.84 Å². The standard InChI is InChI=1S/C16H13ClN2O.BrH/c17-13-7-5-11(6-8-13)15(20)10-19-9-12-3-1-2-4-14(12)16(19)18;/h1-8,18H,9-10H2;1H/p-1. The normalized spacial score (nSPS) is 12.8. The summed E-state index contributed by atoms with van der Waals surface area (Å²) in [5, 5.41) is 8.74. The molecule has 1 heterocycles. The highest BCUT2D eigenvalue weighted by Gasteiger charge is 2.25. The molecule has 21 heavy (non-hydrogen) atoms. The summed E-state index contributed by atoms with van der Waals surface area (Å²) in [6.45, 7) is 0.837. The second kappa shape index (κ2) is 6.41. The summed E-state index contributed by atoms with van der Waals surface area (Å²) in [5.41, 5.74) is 2.64. The number of ketones is 1. The van der Waals surface area contributed by atoms with E-state index < -0.39 is 0 Å². The summed E-state index contributed by atoms with van der Waals surface area (Å²) in [5.74, 6) is 0.419. The van der Waals surface area contributed by atoms with Crippen LogP contribution in [0.15, 0.2) is 48.5 Å². The van der Waals surface area contributed by atoms with Crippen LogP contribution in [0.5, 0.6) is 0 Å². The first-order valence-corrected chi connectivity index (χ1v) is 6.73. The first kappa shape index (κ1) is 15.7. The smallest absolute Gasteiger partial charge is 0.182 e. The Balaban J connectivity index is 0.00000161. The van der Waals surface area contributed by atoms with Crippen LogP contribution < -0.4 is 17.0 Å². The third kappa shape index (κ3) is 3.17. The van der Waals surface area contributed by atoms with E-state index in [0.717, 1.165) is 11.1 Å². The van der Waals surface area contributed by atoms with Crippen molar-refractivity contribution in [2.24, 2.45) is 0 Å². The fraction of sp³-hybridized carbons (Fsp3) is 0.125. The van der Waals surface area contributed by atoms with Crippen molar-refractivity contribution in [3.05, 3.63) is 70.2 Å². The van der Waals surface area contributed by atoms with Crippen molar-refractivity contribution in [3.8, 4) is 0 Å². The lowest BCUT2D eigenvalue weighted by Gasteiger charge is -2.16. The molecule has 0 saturated carbocycles. The van der Waals surface area contributed by atoms with Crippen LogP contribution in [0, 0.1) is 5.41 Å². The SMILES string of the molecule is N=C1c2ccccc2CN1CC(=O)c1ccc(Cl)cc1.[Br-]. The van der Waals surface area contributed by atoms with E-state index in [-0.39, 0.29) is 29.3 Å². The Morgan fingerprint density at radius 3 is 2.48 bits per heavy atom. The molecular weight excluding hydrogens is 352 g/mol. The van der Waals surface area contributed by atoms with Crippen LogP contribution in [0.4, 0.5) is 0 Å². The zero-order valence-electron chi connectivity index (χ0n) is 11.1. The molecule has 1 aliphatic heterocycles. The predicted octanol–water partition coefficient (Wildman–Crippen LogP) is 0.368. The number of amidine groups is 1. The molecule has 2 aromatic rings. The van der Waals surface area contributed by atoms with Crippen LogP contribution in [0.3, 0.4) is 0 Å². The van der Waals surface area contributed by atoms with Crippen LogP contribution >= 0.6 is 11.6 Å². The van der Waals surface area contributed by atoms with E-state index in [9.17, 15) is 4.79 Å². The maximum absolute atomic E-state index is 12.2. The molecule has 108 valence electrons. The lowest BCUT2D eigenvalue weighted by molar-refractivity contribution is -0.0000120. The van der Waals surface area contributed by atoms with Crippen LogP contribution in [-0.4, -0.2) is 23.1 Å². The molecule has 0 unspecified atom stereocenters. The molecule has 2 aromatic carbocycles. The maximum Gasteiger partial charge on any atom is 0.182 e. The number of Topliss-reactive ketones (excluding diaryl/α,β-unsaturated/α-hetero) is 1. The second-order valence-corrected chi connectivity index (χ2v) is 5.23. The van der Waals surface area contributed by atoms with Gasteiger partial charge >= 0.3 is 0 Å². The van der Waals surface area contributed by atoms with Gasteiger partial charge in [0.2, 0.25) is 0 Å². The maximum atomic E-state index is 12.2. The van der Waals surface area contributed by atoms with Crippen LogP contribution in [0.25, 0.3) is 0 Å². The van der Waals surface area contributed by atoms with Crippen LogP contribution in [0.1, 0.15) is 21.5 Å². The highest BCUT2D eigenvalue weighted by molar-refractivity contribution is 6.30. The van der Waals surface area contributed by atoms with Crippen molar-refractivity contribution in [3.63, 3.8) is 0 Å². The number of benzene rings is 2. The van der Waals surface area contributed by atoms with Gasteiger partial charge in [0.05, 0.1) is 6.54 Å². The molecule has 0 saturated heterocycles. The van der Waals surface area contributed by atoms with E-state index in [0.29, 0.717) is 23.0 Å². The molecular formula is C16H13BrClN2O-. The average molecular weight is 365 g/mol. The summed E-state index contributed by atoms with van der Waals surface area (Å²) in [7, 11) is 0. The minimum absolute atomic E-state index is 0. The van der Waals surface area contributed by atoms with Crippen LogP contribution in [-0.2, 0) is 6.54 Å². The van der Waals surface area contributed by atoms with E-state index in [4.69, 9.17) is 17.0 Å². The predicted molar refractivity (Wildman–Crippen MR) is 79.5 cm³/mol. The number of rotatable bonds is 3. The van der Waals surface area contributed by atoms with Gasteiger partial charge in [-0.2, -0.15) is 0 Å². The molecule has 5 heteroatoms. The molecule has 0 amide bonds. The summed E-state index contributed by atoms with van der Waals surface area (Å²) >= 11 is 5.81. The van der Waals surface area contributed by atoms with Gasteiger partial charge in [0.15, 0.2) is 5.78 Å². The lowest BCUT2D eigenvalue weighted by atomic mass is 10.1. The van der Waals surface area contributed by atoms with Crippen molar-refractivity contribution in [2.45, 2.75) is 6.54 Å². The van der Waals surface area contributed by atoms with Crippen molar-refractivity contribution < 1.29 is 21.8 Å². The Morgan fingerprint density at radius 2 is 1.81 bits per heavy atom. The monoisotopic (exact) mass is 363 g/mol. The molecule has 0 atom stereocenters. The third-order valence-electron chi connectivity index (χ3n) is 3.45.